The van der Waals surface area contributed by atoms with Gasteiger partial charge in [-0.2, -0.15) is 0 Å². The standard InChI is InChI=1S/C17H34N2/c1-3-17-11-14-19(13-10-15(2)18-17)12-6-9-16-7-4-5-8-16/h15-18H,3-14H2,1-2H3. The second-order valence-electron chi connectivity index (χ2n) is 6.88. The van der Waals surface area contributed by atoms with Crippen LogP contribution < -0.4 is 5.32 Å². The van der Waals surface area contributed by atoms with Crippen LogP contribution in [0, 0.1) is 5.92 Å². The highest BCUT2D eigenvalue weighted by Gasteiger charge is 2.18. The minimum absolute atomic E-state index is 0.697. The van der Waals surface area contributed by atoms with Crippen molar-refractivity contribution in [3.05, 3.63) is 0 Å². The number of hydrogen-bond acceptors (Lipinski definition) is 2. The van der Waals surface area contributed by atoms with Gasteiger partial charge in [-0.15, -0.1) is 0 Å². The van der Waals surface area contributed by atoms with E-state index in [0.717, 1.165) is 12.0 Å². The third-order valence-corrected chi connectivity index (χ3v) is 5.25. The maximum Gasteiger partial charge on any atom is 0.00790 e. The quantitative estimate of drug-likeness (QED) is 0.814. The van der Waals surface area contributed by atoms with Crippen molar-refractivity contribution in [3.63, 3.8) is 0 Å². The highest BCUT2D eigenvalue weighted by Crippen LogP contribution is 2.28. The summed E-state index contributed by atoms with van der Waals surface area (Å²) in [5.74, 6) is 1.07. The molecule has 2 unspecified atom stereocenters. The Labute approximate surface area is 120 Å². The van der Waals surface area contributed by atoms with E-state index in [1.165, 1.54) is 77.4 Å². The molecular weight excluding hydrogens is 232 g/mol. The lowest BCUT2D eigenvalue weighted by Crippen LogP contribution is -2.44. The van der Waals surface area contributed by atoms with Gasteiger partial charge in [-0.05, 0) is 64.6 Å². The molecule has 1 N–H and O–H groups in total. The zero-order valence-electron chi connectivity index (χ0n) is 13.2. The van der Waals surface area contributed by atoms with E-state index in [4.69, 9.17) is 0 Å². The van der Waals surface area contributed by atoms with E-state index in [2.05, 4.69) is 24.1 Å². The van der Waals surface area contributed by atoms with Crippen molar-refractivity contribution in [1.82, 2.24) is 10.2 Å². The SMILES string of the molecule is CCC1CCN(CCCC2CCCC2)CCC(C)N1. The van der Waals surface area contributed by atoms with Gasteiger partial charge >= 0.3 is 0 Å². The fourth-order valence-corrected chi connectivity index (χ4v) is 3.84. The second-order valence-corrected chi connectivity index (χ2v) is 6.88. The van der Waals surface area contributed by atoms with Gasteiger partial charge in [0.15, 0.2) is 0 Å². The monoisotopic (exact) mass is 266 g/mol. The molecule has 112 valence electrons. The van der Waals surface area contributed by atoms with Gasteiger partial charge in [0.1, 0.15) is 0 Å². The zero-order valence-corrected chi connectivity index (χ0v) is 13.2. The van der Waals surface area contributed by atoms with E-state index in [-0.39, 0.29) is 0 Å². The number of hydrogen-bond donors (Lipinski definition) is 1. The van der Waals surface area contributed by atoms with E-state index < -0.39 is 0 Å². The van der Waals surface area contributed by atoms with Crippen molar-refractivity contribution >= 4 is 0 Å². The molecule has 0 aromatic heterocycles. The van der Waals surface area contributed by atoms with Crippen LogP contribution in [0.2, 0.25) is 0 Å². The summed E-state index contributed by atoms with van der Waals surface area (Å²) in [6.07, 6.45) is 12.9. The third-order valence-electron chi connectivity index (χ3n) is 5.25. The molecular formula is C17H34N2. The van der Waals surface area contributed by atoms with Crippen LogP contribution >= 0.6 is 0 Å². The number of nitrogens with zero attached hydrogens (tertiary/aromatic N) is 1. The van der Waals surface area contributed by atoms with Crippen LogP contribution in [0.25, 0.3) is 0 Å². The van der Waals surface area contributed by atoms with Crippen molar-refractivity contribution in [2.24, 2.45) is 5.92 Å². The Bertz CT molecular complexity index is 235. The predicted octanol–water partition coefficient (Wildman–Crippen LogP) is 3.81. The van der Waals surface area contributed by atoms with Crippen LogP contribution in [0.15, 0.2) is 0 Å². The highest BCUT2D eigenvalue weighted by molar-refractivity contribution is 4.77. The Kier molecular flexibility index (Phi) is 6.66. The molecule has 1 saturated carbocycles. The van der Waals surface area contributed by atoms with E-state index in [0.29, 0.717) is 6.04 Å². The Morgan fingerprint density at radius 3 is 2.53 bits per heavy atom. The van der Waals surface area contributed by atoms with Crippen LogP contribution in [0.1, 0.15) is 71.6 Å². The molecule has 0 spiro atoms. The lowest BCUT2D eigenvalue weighted by Gasteiger charge is -2.32. The van der Waals surface area contributed by atoms with Gasteiger partial charge in [0.05, 0.1) is 0 Å². The molecule has 2 heteroatoms. The average molecular weight is 266 g/mol. The minimum Gasteiger partial charge on any atom is -0.311 e. The zero-order chi connectivity index (χ0) is 13.5. The summed E-state index contributed by atoms with van der Waals surface area (Å²) >= 11 is 0. The predicted molar refractivity (Wildman–Crippen MR) is 83.5 cm³/mol. The summed E-state index contributed by atoms with van der Waals surface area (Å²) < 4.78 is 0. The summed E-state index contributed by atoms with van der Waals surface area (Å²) in [6.45, 7) is 8.62. The highest BCUT2D eigenvalue weighted by atomic mass is 15.1. The largest absolute Gasteiger partial charge is 0.311 e. The van der Waals surface area contributed by atoms with Gasteiger partial charge in [0.2, 0.25) is 0 Å². The lowest BCUT2D eigenvalue weighted by molar-refractivity contribution is 0.206. The molecule has 0 aromatic carbocycles. The van der Waals surface area contributed by atoms with Gasteiger partial charge in [-0.25, -0.2) is 0 Å². The molecule has 0 bridgehead atoms. The van der Waals surface area contributed by atoms with Gasteiger partial charge in [-0.3, -0.25) is 0 Å². The van der Waals surface area contributed by atoms with Crippen molar-refractivity contribution in [3.8, 4) is 0 Å². The Hall–Kier alpha value is -0.0800. The smallest absolute Gasteiger partial charge is 0.00790 e. The van der Waals surface area contributed by atoms with Gasteiger partial charge in [0.25, 0.3) is 0 Å². The summed E-state index contributed by atoms with van der Waals surface area (Å²) in [6, 6.07) is 1.44. The molecule has 2 nitrogen and oxygen atoms in total. The first-order valence-electron chi connectivity index (χ1n) is 8.76. The third kappa shape index (κ3) is 5.43. The van der Waals surface area contributed by atoms with Gasteiger partial charge < -0.3 is 10.2 Å². The normalized spacial score (nSPS) is 31.3. The Morgan fingerprint density at radius 1 is 1.05 bits per heavy atom. The molecule has 19 heavy (non-hydrogen) atoms. The van der Waals surface area contributed by atoms with E-state index in [1.807, 2.05) is 0 Å². The maximum absolute atomic E-state index is 3.76. The van der Waals surface area contributed by atoms with Crippen LogP contribution in [0.5, 0.6) is 0 Å². The second kappa shape index (κ2) is 8.26. The lowest BCUT2D eigenvalue weighted by atomic mass is 10.0. The molecule has 2 fully saturated rings. The van der Waals surface area contributed by atoms with Crippen molar-refractivity contribution in [2.45, 2.75) is 83.7 Å². The van der Waals surface area contributed by atoms with Crippen LogP contribution in [-0.4, -0.2) is 36.6 Å². The first-order valence-corrected chi connectivity index (χ1v) is 8.76. The fraction of sp³-hybridized carbons (Fsp3) is 1.00. The molecule has 2 rings (SSSR count). The Balaban J connectivity index is 1.66. The summed E-state index contributed by atoms with van der Waals surface area (Å²) in [7, 11) is 0. The summed E-state index contributed by atoms with van der Waals surface area (Å²) in [5, 5.41) is 3.76. The van der Waals surface area contributed by atoms with E-state index in [9.17, 15) is 0 Å². The molecule has 0 radical (unpaired) electrons. The first kappa shape index (κ1) is 15.3. The van der Waals surface area contributed by atoms with Gasteiger partial charge in [0, 0.05) is 12.1 Å². The molecule has 0 amide bonds. The molecule has 1 aliphatic carbocycles. The van der Waals surface area contributed by atoms with Crippen molar-refractivity contribution in [2.75, 3.05) is 19.6 Å². The fourth-order valence-electron chi connectivity index (χ4n) is 3.84. The summed E-state index contributed by atoms with van der Waals surface area (Å²) in [5.41, 5.74) is 0. The molecule has 2 atom stereocenters. The molecule has 0 aromatic rings. The first-order chi connectivity index (χ1) is 9.28. The molecule has 2 aliphatic rings. The molecule has 1 heterocycles. The molecule has 1 saturated heterocycles. The average Bonchev–Trinajstić information content (AvgIpc) is 2.90. The van der Waals surface area contributed by atoms with Crippen LogP contribution in [0.3, 0.4) is 0 Å². The van der Waals surface area contributed by atoms with E-state index >= 15 is 0 Å². The van der Waals surface area contributed by atoms with E-state index in [1.54, 1.807) is 0 Å². The number of rotatable bonds is 5. The van der Waals surface area contributed by atoms with Gasteiger partial charge in [-0.1, -0.05) is 32.6 Å². The van der Waals surface area contributed by atoms with Crippen molar-refractivity contribution in [1.29, 1.82) is 0 Å². The molecule has 1 aliphatic heterocycles. The summed E-state index contributed by atoms with van der Waals surface area (Å²) in [4.78, 5) is 2.73. The van der Waals surface area contributed by atoms with Crippen LogP contribution in [0.4, 0.5) is 0 Å². The van der Waals surface area contributed by atoms with Crippen molar-refractivity contribution < 1.29 is 0 Å². The van der Waals surface area contributed by atoms with Crippen LogP contribution in [-0.2, 0) is 0 Å². The minimum atomic E-state index is 0.697. The maximum atomic E-state index is 3.76. The number of nitrogens with one attached hydrogen (secondary N) is 1. The topological polar surface area (TPSA) is 15.3 Å². The Morgan fingerprint density at radius 2 is 1.79 bits per heavy atom.